The fourth-order valence-electron chi connectivity index (χ4n) is 3.72. The van der Waals surface area contributed by atoms with Crippen LogP contribution < -0.4 is 11.1 Å². The molecule has 0 saturated carbocycles. The number of nitrogens with one attached hydrogen (secondary N) is 1. The molecule has 1 fully saturated rings. The van der Waals surface area contributed by atoms with Crippen molar-refractivity contribution in [2.24, 2.45) is 5.73 Å². The monoisotopic (exact) mass is 429 g/mol. The number of nitrogens with two attached hydrogens (primary N) is 1. The van der Waals surface area contributed by atoms with Crippen molar-refractivity contribution >= 4 is 28.4 Å². The number of hydrogen-bond acceptors (Lipinski definition) is 6. The lowest BCUT2D eigenvalue weighted by Gasteiger charge is -2.23. The van der Waals surface area contributed by atoms with E-state index in [4.69, 9.17) is 17.3 Å². The van der Waals surface area contributed by atoms with Gasteiger partial charge in [-0.25, -0.2) is 4.39 Å². The molecular weight excluding hydrogens is 409 g/mol. The smallest absolute Gasteiger partial charge is 0.234 e. The van der Waals surface area contributed by atoms with Gasteiger partial charge in [0.05, 0.1) is 17.6 Å². The number of hydrogen-bond donors (Lipinski definition) is 3. The predicted molar refractivity (Wildman–Crippen MR) is 112 cm³/mol. The molecule has 0 spiro atoms. The van der Waals surface area contributed by atoms with E-state index in [1.54, 1.807) is 53.8 Å². The van der Waals surface area contributed by atoms with Gasteiger partial charge in [-0.15, -0.1) is 0 Å². The van der Waals surface area contributed by atoms with Gasteiger partial charge in [-0.3, -0.25) is 19.7 Å². The Hall–Kier alpha value is -2.81. The van der Waals surface area contributed by atoms with E-state index in [1.165, 1.54) is 0 Å². The molecule has 1 amide bonds. The number of pyridine rings is 2. The molecule has 4 N–H and O–H groups in total. The van der Waals surface area contributed by atoms with Gasteiger partial charge in [0.15, 0.2) is 0 Å². The van der Waals surface area contributed by atoms with Gasteiger partial charge in [0.25, 0.3) is 0 Å². The Bertz CT molecular complexity index is 1060. The highest BCUT2D eigenvalue weighted by molar-refractivity contribution is 6.35. The zero-order chi connectivity index (χ0) is 21.3. The maximum Gasteiger partial charge on any atom is 0.234 e. The molecule has 1 aromatic carbocycles. The zero-order valence-corrected chi connectivity index (χ0v) is 16.8. The second-order valence-corrected chi connectivity index (χ2v) is 7.76. The Balaban J connectivity index is 1.67. The van der Waals surface area contributed by atoms with E-state index in [0.717, 1.165) is 0 Å². The number of fused-ring (bicyclic) bond motifs is 1. The van der Waals surface area contributed by atoms with Crippen LogP contribution in [0.2, 0.25) is 5.02 Å². The van der Waals surface area contributed by atoms with E-state index in [1.807, 2.05) is 0 Å². The lowest BCUT2D eigenvalue weighted by Crippen LogP contribution is -2.39. The lowest BCUT2D eigenvalue weighted by atomic mass is 9.97. The van der Waals surface area contributed by atoms with Crippen molar-refractivity contribution in [3.8, 4) is 5.75 Å². The molecule has 1 aliphatic rings. The average Bonchev–Trinajstić information content (AvgIpc) is 3.06. The minimum Gasteiger partial charge on any atom is -0.505 e. The van der Waals surface area contributed by atoms with Crippen molar-refractivity contribution < 1.29 is 14.3 Å². The summed E-state index contributed by atoms with van der Waals surface area (Å²) in [5, 5.41) is 14.8. The number of benzene rings is 1. The van der Waals surface area contributed by atoms with E-state index < -0.39 is 18.3 Å². The molecule has 7 nitrogen and oxygen atoms in total. The van der Waals surface area contributed by atoms with Crippen LogP contribution in [0.3, 0.4) is 0 Å². The van der Waals surface area contributed by atoms with Gasteiger partial charge in [-0.2, -0.15) is 0 Å². The van der Waals surface area contributed by atoms with Crippen LogP contribution in [0.1, 0.15) is 17.2 Å². The number of carbonyl (C=O) groups is 1. The molecule has 3 heterocycles. The Labute approximate surface area is 177 Å². The third-order valence-corrected chi connectivity index (χ3v) is 5.53. The third-order valence-electron chi connectivity index (χ3n) is 5.21. The summed E-state index contributed by atoms with van der Waals surface area (Å²) < 4.78 is 13.7. The summed E-state index contributed by atoms with van der Waals surface area (Å²) in [5.41, 5.74) is 7.11. The van der Waals surface area contributed by atoms with Gasteiger partial charge in [0, 0.05) is 48.7 Å². The number of alkyl halides is 1. The van der Waals surface area contributed by atoms with Crippen LogP contribution in [0.4, 0.5) is 4.39 Å². The lowest BCUT2D eigenvalue weighted by molar-refractivity contribution is -0.122. The van der Waals surface area contributed by atoms with E-state index in [9.17, 15) is 14.3 Å². The van der Waals surface area contributed by atoms with Crippen LogP contribution in [-0.4, -0.2) is 57.7 Å². The maximum atomic E-state index is 13.7. The fraction of sp³-hybridized carbons (Fsp3) is 0.286. The summed E-state index contributed by atoms with van der Waals surface area (Å²) in [7, 11) is 0. The molecule has 3 atom stereocenters. The quantitative estimate of drug-likeness (QED) is 0.574. The zero-order valence-electron chi connectivity index (χ0n) is 16.0. The number of aromatic hydroxyl groups is 1. The van der Waals surface area contributed by atoms with Crippen LogP contribution >= 0.6 is 11.6 Å². The van der Waals surface area contributed by atoms with Crippen molar-refractivity contribution in [2.45, 2.75) is 18.3 Å². The van der Waals surface area contributed by atoms with Crippen molar-refractivity contribution in [1.29, 1.82) is 0 Å². The molecule has 2 aromatic heterocycles. The largest absolute Gasteiger partial charge is 0.505 e. The normalized spacial score (nSPS) is 20.4. The number of phenolic OH excluding ortho intramolecular Hbond substituents is 1. The van der Waals surface area contributed by atoms with Crippen molar-refractivity contribution in [1.82, 2.24) is 20.2 Å². The van der Waals surface area contributed by atoms with Crippen molar-refractivity contribution in [2.75, 3.05) is 19.6 Å². The number of carbonyl (C=O) groups excluding carboxylic acids is 1. The van der Waals surface area contributed by atoms with Crippen LogP contribution in [0.15, 0.2) is 48.9 Å². The molecule has 30 heavy (non-hydrogen) atoms. The Morgan fingerprint density at radius 2 is 2.17 bits per heavy atom. The van der Waals surface area contributed by atoms with Gasteiger partial charge in [-0.1, -0.05) is 17.7 Å². The number of phenols is 1. The molecule has 9 heteroatoms. The van der Waals surface area contributed by atoms with Crippen molar-refractivity contribution in [3.63, 3.8) is 0 Å². The molecule has 4 rings (SSSR count). The van der Waals surface area contributed by atoms with E-state index >= 15 is 0 Å². The van der Waals surface area contributed by atoms with Crippen LogP contribution in [0.5, 0.6) is 5.75 Å². The molecular formula is C21H21ClFN5O2. The van der Waals surface area contributed by atoms with E-state index in [2.05, 4.69) is 15.3 Å². The van der Waals surface area contributed by atoms with Gasteiger partial charge >= 0.3 is 0 Å². The molecule has 0 aliphatic carbocycles. The Kier molecular flexibility index (Phi) is 5.80. The number of nitrogens with zero attached hydrogens (tertiary/aromatic N) is 3. The Morgan fingerprint density at radius 3 is 2.87 bits per heavy atom. The number of aromatic nitrogens is 2. The summed E-state index contributed by atoms with van der Waals surface area (Å²) in [6.07, 6.45) is 3.62. The molecule has 1 unspecified atom stereocenters. The van der Waals surface area contributed by atoms with Crippen molar-refractivity contribution in [3.05, 3.63) is 65.1 Å². The standard InChI is InChI=1S/C21H21ClFN5O2/c22-15-7-14(21(30)20-13(15)4-2-6-26-20)19(12-3-1-5-25-8-12)27-18(29)11-28-9-16(23)17(24)10-28/h1-8,16-17,19,30H,9-11,24H2,(H,27,29)/t16-,17+,19?/m0/s1. The second-order valence-electron chi connectivity index (χ2n) is 7.36. The SMILES string of the molecule is N[C@@H]1CN(CC(=O)NC(c2cccnc2)c2cc(Cl)c3cccnc3c2O)C[C@@H]1F. The summed E-state index contributed by atoms with van der Waals surface area (Å²) in [5.74, 6) is -0.405. The summed E-state index contributed by atoms with van der Waals surface area (Å²) in [6, 6.07) is 7.32. The first-order valence-corrected chi connectivity index (χ1v) is 9.89. The van der Waals surface area contributed by atoms with Gasteiger partial charge in [0.1, 0.15) is 17.4 Å². The number of halogens is 2. The van der Waals surface area contributed by atoms with E-state index in [-0.39, 0.29) is 24.7 Å². The van der Waals surface area contributed by atoms with Gasteiger partial charge in [-0.05, 0) is 29.8 Å². The highest BCUT2D eigenvalue weighted by atomic mass is 35.5. The minimum absolute atomic E-state index is 0.00872. The summed E-state index contributed by atoms with van der Waals surface area (Å²) >= 11 is 6.43. The van der Waals surface area contributed by atoms with Gasteiger partial charge < -0.3 is 16.2 Å². The Morgan fingerprint density at radius 1 is 1.37 bits per heavy atom. The number of amides is 1. The molecule has 1 aliphatic heterocycles. The number of likely N-dealkylation sites (tertiary alicyclic amines) is 1. The predicted octanol–water partition coefficient (Wildman–Crippen LogP) is 2.18. The minimum atomic E-state index is -1.15. The first-order chi connectivity index (χ1) is 14.4. The van der Waals surface area contributed by atoms with Crippen LogP contribution in [0.25, 0.3) is 10.9 Å². The van der Waals surface area contributed by atoms with E-state index in [0.29, 0.717) is 33.6 Å². The number of rotatable bonds is 5. The highest BCUT2D eigenvalue weighted by Gasteiger charge is 2.31. The summed E-state index contributed by atoms with van der Waals surface area (Å²) in [6.45, 7) is 0.414. The fourth-order valence-corrected chi connectivity index (χ4v) is 3.99. The van der Waals surface area contributed by atoms with Crippen LogP contribution in [0, 0.1) is 0 Å². The average molecular weight is 430 g/mol. The maximum absolute atomic E-state index is 13.7. The molecule has 156 valence electrons. The summed E-state index contributed by atoms with van der Waals surface area (Å²) in [4.78, 5) is 22.8. The molecule has 0 radical (unpaired) electrons. The third kappa shape index (κ3) is 4.07. The second kappa shape index (κ2) is 8.51. The highest BCUT2D eigenvalue weighted by Crippen LogP contribution is 2.38. The molecule has 0 bridgehead atoms. The first-order valence-electron chi connectivity index (χ1n) is 9.51. The first kappa shape index (κ1) is 20.5. The van der Waals surface area contributed by atoms with Gasteiger partial charge in [0.2, 0.25) is 5.91 Å². The molecule has 1 saturated heterocycles. The van der Waals surface area contributed by atoms with Crippen LogP contribution in [-0.2, 0) is 4.79 Å². The molecule has 3 aromatic rings. The topological polar surface area (TPSA) is 104 Å².